The largest absolute Gasteiger partial charge is 0.479 e. The van der Waals surface area contributed by atoms with E-state index in [4.69, 9.17) is 20.4 Å². The number of carboxylic acid groups (broad SMARTS) is 2. The van der Waals surface area contributed by atoms with E-state index in [1.807, 2.05) is 54.4 Å². The molecule has 9 nitrogen and oxygen atoms in total. The Morgan fingerprint density at radius 1 is 0.651 bits per heavy atom. The number of benzene rings is 3. The van der Waals surface area contributed by atoms with Crippen molar-refractivity contribution in [2.24, 2.45) is 0 Å². The molecule has 4 rings (SSSR count). The van der Waals surface area contributed by atoms with E-state index in [0.717, 1.165) is 31.2 Å². The number of nitrogens with zero attached hydrogens (tertiary/aromatic N) is 2. The van der Waals surface area contributed by atoms with E-state index >= 15 is 0 Å². The van der Waals surface area contributed by atoms with Crippen molar-refractivity contribution in [2.45, 2.75) is 49.0 Å². The van der Waals surface area contributed by atoms with Gasteiger partial charge in [-0.15, -0.1) is 0 Å². The van der Waals surface area contributed by atoms with Gasteiger partial charge in [0.15, 0.2) is 12.2 Å². The van der Waals surface area contributed by atoms with Crippen molar-refractivity contribution < 1.29 is 34.8 Å². The predicted octanol–water partition coefficient (Wildman–Crippen LogP) is 3.96. The number of aliphatic carboxylic acids is 2. The van der Waals surface area contributed by atoms with Gasteiger partial charge in [0.05, 0.1) is 5.54 Å². The fourth-order valence-corrected chi connectivity index (χ4v) is 5.71. The summed E-state index contributed by atoms with van der Waals surface area (Å²) in [7, 11) is 6.33. The first-order valence-electron chi connectivity index (χ1n) is 14.1. The lowest BCUT2D eigenvalue weighted by Gasteiger charge is -2.53. The number of carbonyl (C=O) groups excluding carboxylic acids is 1. The number of hydrogen-bond acceptors (Lipinski definition) is 6. The lowest BCUT2D eigenvalue weighted by atomic mass is 9.66. The summed E-state index contributed by atoms with van der Waals surface area (Å²) in [5, 5.41) is 32.5. The molecule has 2 atom stereocenters. The van der Waals surface area contributed by atoms with Crippen molar-refractivity contribution in [3.8, 4) is 0 Å². The molecule has 9 heteroatoms. The van der Waals surface area contributed by atoms with E-state index in [2.05, 4.69) is 73.6 Å². The summed E-state index contributed by atoms with van der Waals surface area (Å²) in [6.45, 7) is 0. The number of rotatable bonds is 9. The highest BCUT2D eigenvalue weighted by molar-refractivity contribution is 5.92. The lowest BCUT2D eigenvalue weighted by molar-refractivity contribution is -0.165. The van der Waals surface area contributed by atoms with Crippen LogP contribution in [0.4, 0.5) is 0 Å². The number of aliphatic hydroxyl groups excluding tert-OH is 2. The van der Waals surface area contributed by atoms with Crippen LogP contribution in [0.25, 0.3) is 6.08 Å². The molecule has 0 radical (unpaired) electrons. The summed E-state index contributed by atoms with van der Waals surface area (Å²) in [5.41, 5.74) is 3.26. The van der Waals surface area contributed by atoms with Crippen molar-refractivity contribution in [3.05, 3.63) is 114 Å². The standard InChI is InChI=1S/C30H34N2O.C4H6O6/c1-31(2)29(26-15-9-5-10-16-26)21-23-30(24-22-29,27-17-11-6-12-18-27)32(3)28(33)20-19-25-13-7-4-8-14-25;5-1(3(7)8)2(6)4(9)10/h4-20H,21-24H2,1-3H3;1-2,5-6H,(H,7,8)(H,9,10)/b20-19+;. The fraction of sp³-hybridized carbons (Fsp3) is 0.324. The van der Waals surface area contributed by atoms with Crippen LogP contribution in [0.15, 0.2) is 97.1 Å². The van der Waals surface area contributed by atoms with Crippen LogP contribution in [0.1, 0.15) is 42.4 Å². The molecule has 43 heavy (non-hydrogen) atoms. The third-order valence-corrected chi connectivity index (χ3v) is 8.38. The molecule has 0 aromatic heterocycles. The maximum absolute atomic E-state index is 13.4. The Morgan fingerprint density at radius 3 is 1.42 bits per heavy atom. The van der Waals surface area contributed by atoms with Gasteiger partial charge in [0.25, 0.3) is 0 Å². The predicted molar refractivity (Wildman–Crippen MR) is 164 cm³/mol. The van der Waals surface area contributed by atoms with Crippen LogP contribution in [-0.2, 0) is 25.5 Å². The highest BCUT2D eigenvalue weighted by Crippen LogP contribution is 2.50. The summed E-state index contributed by atoms with van der Waals surface area (Å²) in [6.07, 6.45) is 2.88. The zero-order valence-corrected chi connectivity index (χ0v) is 24.7. The van der Waals surface area contributed by atoms with Gasteiger partial charge in [-0.05, 0) is 62.5 Å². The molecule has 3 aromatic rings. The van der Waals surface area contributed by atoms with Crippen molar-refractivity contribution in [2.75, 3.05) is 21.1 Å². The van der Waals surface area contributed by atoms with Gasteiger partial charge < -0.3 is 25.3 Å². The molecule has 0 saturated heterocycles. The molecule has 1 aliphatic rings. The summed E-state index contributed by atoms with van der Waals surface area (Å²) >= 11 is 0. The second-order valence-corrected chi connectivity index (χ2v) is 10.9. The van der Waals surface area contributed by atoms with Crippen molar-refractivity contribution in [1.29, 1.82) is 0 Å². The van der Waals surface area contributed by atoms with Crippen molar-refractivity contribution >= 4 is 23.9 Å². The molecular formula is C34H40N2O7. The summed E-state index contributed by atoms with van der Waals surface area (Å²) in [4.78, 5) is 37.3. The van der Waals surface area contributed by atoms with Gasteiger partial charge in [0.2, 0.25) is 5.91 Å². The minimum atomic E-state index is -2.27. The maximum atomic E-state index is 13.4. The molecule has 2 unspecified atom stereocenters. The smallest absolute Gasteiger partial charge is 0.335 e. The minimum absolute atomic E-state index is 0.0245. The van der Waals surface area contributed by atoms with Crippen LogP contribution >= 0.6 is 0 Å². The van der Waals surface area contributed by atoms with Gasteiger partial charge in [-0.3, -0.25) is 9.69 Å². The number of amides is 1. The Kier molecular flexibility index (Phi) is 11.4. The Labute approximate surface area is 252 Å². The van der Waals surface area contributed by atoms with Crippen molar-refractivity contribution in [1.82, 2.24) is 9.80 Å². The lowest BCUT2D eigenvalue weighted by Crippen LogP contribution is -2.54. The Morgan fingerprint density at radius 2 is 1.02 bits per heavy atom. The molecule has 1 fully saturated rings. The Hall–Kier alpha value is -4.31. The highest BCUT2D eigenvalue weighted by Gasteiger charge is 2.48. The van der Waals surface area contributed by atoms with Crippen molar-refractivity contribution in [3.63, 3.8) is 0 Å². The zero-order chi connectivity index (χ0) is 31.6. The normalized spacial score (nSPS) is 21.3. The molecule has 1 aliphatic carbocycles. The van der Waals surface area contributed by atoms with Gasteiger partial charge in [-0.2, -0.15) is 0 Å². The maximum Gasteiger partial charge on any atom is 0.335 e. The van der Waals surface area contributed by atoms with Crippen LogP contribution in [0.5, 0.6) is 0 Å². The molecule has 0 heterocycles. The second kappa shape index (κ2) is 14.7. The monoisotopic (exact) mass is 588 g/mol. The highest BCUT2D eigenvalue weighted by atomic mass is 16.4. The van der Waals surface area contributed by atoms with E-state index in [9.17, 15) is 14.4 Å². The molecule has 1 saturated carbocycles. The second-order valence-electron chi connectivity index (χ2n) is 10.9. The molecule has 0 bridgehead atoms. The Balaban J connectivity index is 0.000000436. The first-order chi connectivity index (χ1) is 20.4. The fourth-order valence-electron chi connectivity index (χ4n) is 5.71. The first kappa shape index (κ1) is 33.2. The van der Waals surface area contributed by atoms with Crippen LogP contribution in [-0.4, -0.2) is 81.4 Å². The van der Waals surface area contributed by atoms with E-state index in [-0.39, 0.29) is 17.0 Å². The number of aliphatic hydroxyl groups is 2. The average Bonchev–Trinajstić information content (AvgIpc) is 3.04. The zero-order valence-electron chi connectivity index (χ0n) is 24.7. The van der Waals surface area contributed by atoms with Gasteiger partial charge in [-0.1, -0.05) is 91.0 Å². The number of carboxylic acids is 2. The number of likely N-dealkylation sites (N-methyl/N-ethyl adjacent to an activating group) is 1. The summed E-state index contributed by atoms with van der Waals surface area (Å²) < 4.78 is 0. The van der Waals surface area contributed by atoms with Gasteiger partial charge in [-0.25, -0.2) is 9.59 Å². The minimum Gasteiger partial charge on any atom is -0.479 e. The van der Waals surface area contributed by atoms with E-state index in [0.29, 0.717) is 0 Å². The van der Waals surface area contributed by atoms with Crippen LogP contribution in [0.3, 0.4) is 0 Å². The molecular weight excluding hydrogens is 548 g/mol. The molecule has 0 spiro atoms. The van der Waals surface area contributed by atoms with E-state index in [1.54, 1.807) is 6.08 Å². The summed E-state index contributed by atoms with van der Waals surface area (Å²) in [5.74, 6) is -3.50. The van der Waals surface area contributed by atoms with E-state index in [1.165, 1.54) is 11.1 Å². The molecule has 3 aromatic carbocycles. The average molecular weight is 589 g/mol. The molecule has 1 amide bonds. The number of carbonyl (C=O) groups is 3. The van der Waals surface area contributed by atoms with Crippen LogP contribution < -0.4 is 0 Å². The third kappa shape index (κ3) is 7.75. The van der Waals surface area contributed by atoms with Crippen LogP contribution in [0.2, 0.25) is 0 Å². The number of hydrogen-bond donors (Lipinski definition) is 4. The molecule has 0 aliphatic heterocycles. The first-order valence-corrected chi connectivity index (χ1v) is 14.1. The Bertz CT molecular complexity index is 1350. The third-order valence-electron chi connectivity index (χ3n) is 8.38. The van der Waals surface area contributed by atoms with Crippen LogP contribution in [0, 0.1) is 0 Å². The molecule has 4 N–H and O–H groups in total. The van der Waals surface area contributed by atoms with E-state index < -0.39 is 24.1 Å². The van der Waals surface area contributed by atoms with Gasteiger partial charge >= 0.3 is 11.9 Å². The topological polar surface area (TPSA) is 139 Å². The van der Waals surface area contributed by atoms with Gasteiger partial charge in [0, 0.05) is 18.7 Å². The quantitative estimate of drug-likeness (QED) is 0.276. The molecule has 228 valence electrons. The van der Waals surface area contributed by atoms with Gasteiger partial charge in [0.1, 0.15) is 0 Å². The SMILES string of the molecule is CN(C)C1(c2ccccc2)CCC(c2ccccc2)(N(C)C(=O)/C=C/c2ccccc2)CC1.O=C(O)C(O)C(O)C(=O)O. The summed E-state index contributed by atoms with van der Waals surface area (Å²) in [6, 6.07) is 31.4.